The quantitative estimate of drug-likeness (QED) is 0.302. The molecule has 2 aromatic rings. The lowest BCUT2D eigenvalue weighted by molar-refractivity contribution is -0.140. The maximum Gasteiger partial charge on any atom is 0.295 e. The summed E-state index contributed by atoms with van der Waals surface area (Å²) in [4.78, 5) is 30.2. The number of aliphatic hydroxyl groups excluding tert-OH is 1. The average Bonchev–Trinajstić information content (AvgIpc) is 3.11. The Morgan fingerprint density at radius 2 is 1.74 bits per heavy atom. The van der Waals surface area contributed by atoms with Crippen molar-refractivity contribution in [1.82, 2.24) is 9.80 Å². The largest absolute Gasteiger partial charge is 0.507 e. The van der Waals surface area contributed by atoms with Gasteiger partial charge in [-0.05, 0) is 68.5 Å². The number of benzene rings is 2. The van der Waals surface area contributed by atoms with Crippen LogP contribution in [-0.2, 0) is 9.59 Å². The van der Waals surface area contributed by atoms with Gasteiger partial charge in [0.25, 0.3) is 11.7 Å². The lowest BCUT2D eigenvalue weighted by Crippen LogP contribution is -2.33. The molecule has 0 radical (unpaired) electrons. The Hall–Kier alpha value is -3.03. The number of hydrogen-bond donors (Lipinski definition) is 1. The minimum Gasteiger partial charge on any atom is -0.507 e. The molecule has 0 spiro atoms. The molecule has 0 saturated carbocycles. The minimum absolute atomic E-state index is 0.0155. The van der Waals surface area contributed by atoms with Crippen molar-refractivity contribution >= 4 is 29.1 Å². The number of rotatable bonds is 10. The molecule has 0 aromatic heterocycles. The second-order valence-corrected chi connectivity index (χ2v) is 8.42. The zero-order valence-electron chi connectivity index (χ0n) is 20.0. The molecule has 0 bridgehead atoms. The summed E-state index contributed by atoms with van der Waals surface area (Å²) in [6.07, 6.45) is 0.679. The Morgan fingerprint density at radius 3 is 2.32 bits per heavy atom. The van der Waals surface area contributed by atoms with Crippen LogP contribution in [0.3, 0.4) is 0 Å². The number of ether oxygens (including phenoxy) is 2. The average molecular weight is 487 g/mol. The first kappa shape index (κ1) is 25.6. The van der Waals surface area contributed by atoms with E-state index in [-0.39, 0.29) is 11.3 Å². The van der Waals surface area contributed by atoms with Crippen LogP contribution in [0.15, 0.2) is 48.0 Å². The van der Waals surface area contributed by atoms with Crippen molar-refractivity contribution in [3.8, 4) is 11.5 Å². The topological polar surface area (TPSA) is 79.3 Å². The molecule has 2 aromatic carbocycles. The summed E-state index contributed by atoms with van der Waals surface area (Å²) in [6.45, 7) is 7.11. The molecule has 0 aliphatic carbocycles. The minimum atomic E-state index is -0.822. The molecule has 3 rings (SSSR count). The number of halogens is 1. The number of nitrogens with zero attached hydrogens (tertiary/aromatic N) is 2. The summed E-state index contributed by atoms with van der Waals surface area (Å²) in [5.74, 6) is -0.592. The van der Waals surface area contributed by atoms with Gasteiger partial charge in [0.2, 0.25) is 0 Å². The summed E-state index contributed by atoms with van der Waals surface area (Å²) in [5.41, 5.74) is 0.985. The van der Waals surface area contributed by atoms with Gasteiger partial charge in [-0.25, -0.2) is 0 Å². The molecule has 1 fully saturated rings. The number of aliphatic hydroxyl groups is 1. The highest BCUT2D eigenvalue weighted by Crippen LogP contribution is 2.44. The van der Waals surface area contributed by atoms with Crippen LogP contribution >= 0.6 is 11.6 Å². The number of methoxy groups -OCH3 is 2. The first-order valence-corrected chi connectivity index (χ1v) is 11.7. The molecule has 1 aliphatic rings. The van der Waals surface area contributed by atoms with Crippen LogP contribution in [0.2, 0.25) is 5.02 Å². The standard InChI is InChI=1S/C26H31ClN2O5/c1-5-28(6-2)14-7-15-29-23(20-16-19(33-3)12-13-21(20)34-4)22(25(31)26(29)32)24(30)17-8-10-18(27)11-9-17/h8-13,16,23,30H,5-7,14-15H2,1-4H3/b24-22-. The Morgan fingerprint density at radius 1 is 1.06 bits per heavy atom. The van der Waals surface area contributed by atoms with Crippen molar-refractivity contribution in [2.24, 2.45) is 0 Å². The molecule has 34 heavy (non-hydrogen) atoms. The number of carbonyl (C=O) groups is 2. The van der Waals surface area contributed by atoms with Gasteiger partial charge in [-0.2, -0.15) is 0 Å². The van der Waals surface area contributed by atoms with E-state index < -0.39 is 17.7 Å². The van der Waals surface area contributed by atoms with Crippen molar-refractivity contribution in [3.63, 3.8) is 0 Å². The highest BCUT2D eigenvalue weighted by Gasteiger charge is 2.47. The molecule has 1 aliphatic heterocycles. The third-order valence-corrected chi connectivity index (χ3v) is 6.41. The molecule has 7 nitrogen and oxygen atoms in total. The molecule has 1 atom stereocenters. The molecule has 1 amide bonds. The predicted octanol–water partition coefficient (Wildman–Crippen LogP) is 4.51. The van der Waals surface area contributed by atoms with Gasteiger partial charge in [-0.3, -0.25) is 9.59 Å². The van der Waals surface area contributed by atoms with Crippen LogP contribution < -0.4 is 9.47 Å². The molecular weight excluding hydrogens is 456 g/mol. The van der Waals surface area contributed by atoms with Crippen molar-refractivity contribution in [2.75, 3.05) is 40.4 Å². The van der Waals surface area contributed by atoms with Crippen molar-refractivity contribution in [2.45, 2.75) is 26.3 Å². The number of Topliss-reactive ketones (excluding diaryl/α,β-unsaturated/α-hetero) is 1. The highest BCUT2D eigenvalue weighted by atomic mass is 35.5. The van der Waals surface area contributed by atoms with Gasteiger partial charge in [-0.1, -0.05) is 25.4 Å². The van der Waals surface area contributed by atoms with Crippen molar-refractivity contribution in [3.05, 3.63) is 64.2 Å². The fraction of sp³-hybridized carbons (Fsp3) is 0.385. The first-order chi connectivity index (χ1) is 16.4. The Kier molecular flexibility index (Phi) is 8.58. The third kappa shape index (κ3) is 5.21. The Bertz CT molecular complexity index is 1060. The van der Waals surface area contributed by atoms with E-state index in [0.717, 1.165) is 19.6 Å². The van der Waals surface area contributed by atoms with E-state index in [1.165, 1.54) is 12.0 Å². The SMILES string of the molecule is CCN(CC)CCCN1C(=O)C(=O)/C(=C(\O)c2ccc(Cl)cc2)C1c1cc(OC)ccc1OC. The monoisotopic (exact) mass is 486 g/mol. The van der Waals surface area contributed by atoms with Crippen LogP contribution in [0.25, 0.3) is 5.76 Å². The summed E-state index contributed by atoms with van der Waals surface area (Å²) in [5, 5.41) is 11.7. The summed E-state index contributed by atoms with van der Waals surface area (Å²) >= 11 is 5.99. The van der Waals surface area contributed by atoms with E-state index >= 15 is 0 Å². The molecular formula is C26H31ClN2O5. The Balaban J connectivity index is 2.13. The van der Waals surface area contributed by atoms with Crippen LogP contribution in [0.1, 0.15) is 37.4 Å². The van der Waals surface area contributed by atoms with Crippen LogP contribution in [0.4, 0.5) is 0 Å². The van der Waals surface area contributed by atoms with Crippen LogP contribution in [0.5, 0.6) is 11.5 Å². The molecule has 1 saturated heterocycles. The maximum absolute atomic E-state index is 13.2. The van der Waals surface area contributed by atoms with Gasteiger partial charge in [0.15, 0.2) is 0 Å². The van der Waals surface area contributed by atoms with Gasteiger partial charge in [-0.15, -0.1) is 0 Å². The van der Waals surface area contributed by atoms with Gasteiger partial charge in [0.1, 0.15) is 17.3 Å². The molecule has 8 heteroatoms. The van der Waals surface area contributed by atoms with Gasteiger partial charge in [0, 0.05) is 22.7 Å². The number of carbonyl (C=O) groups excluding carboxylic acids is 2. The fourth-order valence-corrected chi connectivity index (χ4v) is 4.38. The number of amides is 1. The smallest absolute Gasteiger partial charge is 0.295 e. The van der Waals surface area contributed by atoms with E-state index in [1.807, 2.05) is 0 Å². The summed E-state index contributed by atoms with van der Waals surface area (Å²) in [7, 11) is 3.07. The molecule has 1 heterocycles. The third-order valence-electron chi connectivity index (χ3n) is 6.16. The second kappa shape index (κ2) is 11.4. The lowest BCUT2D eigenvalue weighted by atomic mass is 9.94. The van der Waals surface area contributed by atoms with Crippen molar-refractivity contribution < 1.29 is 24.2 Å². The molecule has 1 N–H and O–H groups in total. The van der Waals surface area contributed by atoms with Crippen LogP contribution in [0, 0.1) is 0 Å². The van der Waals surface area contributed by atoms with Gasteiger partial charge >= 0.3 is 0 Å². The van der Waals surface area contributed by atoms with Gasteiger partial charge < -0.3 is 24.4 Å². The van der Waals surface area contributed by atoms with E-state index in [1.54, 1.807) is 49.6 Å². The molecule has 182 valence electrons. The normalized spacial score (nSPS) is 17.5. The lowest BCUT2D eigenvalue weighted by Gasteiger charge is -2.28. The zero-order valence-corrected chi connectivity index (χ0v) is 20.8. The van der Waals surface area contributed by atoms with E-state index in [4.69, 9.17) is 21.1 Å². The van der Waals surface area contributed by atoms with Crippen LogP contribution in [-0.4, -0.2) is 67.0 Å². The second-order valence-electron chi connectivity index (χ2n) is 7.99. The van der Waals surface area contributed by atoms with E-state index in [9.17, 15) is 14.7 Å². The fourth-order valence-electron chi connectivity index (χ4n) is 4.25. The zero-order chi connectivity index (χ0) is 24.8. The maximum atomic E-state index is 13.2. The molecule has 1 unspecified atom stereocenters. The number of ketones is 1. The van der Waals surface area contributed by atoms with Crippen molar-refractivity contribution in [1.29, 1.82) is 0 Å². The van der Waals surface area contributed by atoms with Gasteiger partial charge in [0.05, 0.1) is 25.8 Å². The van der Waals surface area contributed by atoms with E-state index in [0.29, 0.717) is 40.6 Å². The summed E-state index contributed by atoms with van der Waals surface area (Å²) in [6, 6.07) is 10.9. The highest BCUT2D eigenvalue weighted by molar-refractivity contribution is 6.46. The number of hydrogen-bond acceptors (Lipinski definition) is 6. The first-order valence-electron chi connectivity index (χ1n) is 11.3. The predicted molar refractivity (Wildman–Crippen MR) is 132 cm³/mol. The summed E-state index contributed by atoms with van der Waals surface area (Å²) < 4.78 is 11.0. The number of likely N-dealkylation sites (tertiary alicyclic amines) is 1. The van der Waals surface area contributed by atoms with E-state index in [2.05, 4.69) is 18.7 Å². The Labute approximate surface area is 205 Å².